The summed E-state index contributed by atoms with van der Waals surface area (Å²) in [6.45, 7) is 3.90. The molecular formula is C25H26ClFN6O2. The molecule has 2 saturated heterocycles. The third-order valence-corrected chi connectivity index (χ3v) is 6.65. The number of nitrogens with zero attached hydrogens (tertiary/aromatic N) is 5. The number of rotatable bonds is 4. The lowest BCUT2D eigenvalue weighted by atomic mass is 10.0. The van der Waals surface area contributed by atoms with Crippen LogP contribution in [-0.2, 0) is 4.74 Å². The minimum atomic E-state index is -0.314. The SMILES string of the molecule is O=C(NC1CCN(c2cnc(-c3ccc(F)cc3)c(-c3ccncc3Cl)n2)CC1)N1CCOCC1. The van der Waals surface area contributed by atoms with Crippen LogP contribution in [0.2, 0.25) is 5.02 Å². The van der Waals surface area contributed by atoms with Crippen LogP contribution in [0.5, 0.6) is 0 Å². The minimum absolute atomic E-state index is 0.0233. The molecule has 35 heavy (non-hydrogen) atoms. The van der Waals surface area contributed by atoms with Gasteiger partial charge in [-0.25, -0.2) is 14.2 Å². The zero-order valence-corrected chi connectivity index (χ0v) is 19.9. The first-order valence-electron chi connectivity index (χ1n) is 11.7. The molecule has 4 heterocycles. The average molecular weight is 497 g/mol. The van der Waals surface area contributed by atoms with Crippen molar-refractivity contribution in [3.8, 4) is 22.5 Å². The van der Waals surface area contributed by atoms with Crippen molar-refractivity contribution in [2.24, 2.45) is 0 Å². The van der Waals surface area contributed by atoms with E-state index in [0.717, 1.165) is 37.3 Å². The highest BCUT2D eigenvalue weighted by atomic mass is 35.5. The first-order valence-corrected chi connectivity index (χ1v) is 12.1. The quantitative estimate of drug-likeness (QED) is 0.587. The summed E-state index contributed by atoms with van der Waals surface area (Å²) in [5.74, 6) is 0.419. The minimum Gasteiger partial charge on any atom is -0.378 e. The fourth-order valence-electron chi connectivity index (χ4n) is 4.39. The Morgan fingerprint density at radius 1 is 1.03 bits per heavy atom. The van der Waals surface area contributed by atoms with Gasteiger partial charge in [-0.1, -0.05) is 11.6 Å². The monoisotopic (exact) mass is 496 g/mol. The summed E-state index contributed by atoms with van der Waals surface area (Å²) in [4.78, 5) is 30.2. The number of aromatic nitrogens is 3. The number of carbonyl (C=O) groups excluding carboxylic acids is 1. The van der Waals surface area contributed by atoms with Gasteiger partial charge in [-0.2, -0.15) is 0 Å². The van der Waals surface area contributed by atoms with E-state index in [2.05, 4.69) is 15.2 Å². The second kappa shape index (κ2) is 10.5. The van der Waals surface area contributed by atoms with E-state index in [9.17, 15) is 9.18 Å². The molecule has 182 valence electrons. The summed E-state index contributed by atoms with van der Waals surface area (Å²) in [7, 11) is 0. The number of halogens is 2. The van der Waals surface area contributed by atoms with Gasteiger partial charge in [0.05, 0.1) is 30.1 Å². The van der Waals surface area contributed by atoms with E-state index in [1.165, 1.54) is 12.1 Å². The molecule has 2 aliphatic heterocycles. The fourth-order valence-corrected chi connectivity index (χ4v) is 4.60. The van der Waals surface area contributed by atoms with Crippen LogP contribution in [0, 0.1) is 5.82 Å². The zero-order valence-electron chi connectivity index (χ0n) is 19.2. The van der Waals surface area contributed by atoms with Gasteiger partial charge in [0.1, 0.15) is 17.3 Å². The molecule has 2 amide bonds. The van der Waals surface area contributed by atoms with Crippen molar-refractivity contribution in [1.29, 1.82) is 0 Å². The molecule has 0 unspecified atom stereocenters. The maximum absolute atomic E-state index is 13.5. The number of piperidine rings is 1. The number of carbonyl (C=O) groups is 1. The summed E-state index contributed by atoms with van der Waals surface area (Å²) in [5, 5.41) is 3.62. The largest absolute Gasteiger partial charge is 0.378 e. The predicted octanol–water partition coefficient (Wildman–Crippen LogP) is 4.01. The van der Waals surface area contributed by atoms with E-state index in [4.69, 9.17) is 26.3 Å². The van der Waals surface area contributed by atoms with Gasteiger partial charge in [0.15, 0.2) is 0 Å². The number of hydrogen-bond donors (Lipinski definition) is 1. The highest BCUT2D eigenvalue weighted by molar-refractivity contribution is 6.33. The molecule has 0 saturated carbocycles. The number of hydrogen-bond acceptors (Lipinski definition) is 6. The van der Waals surface area contributed by atoms with E-state index in [1.54, 1.807) is 41.7 Å². The Kier molecular flexibility index (Phi) is 7.06. The van der Waals surface area contributed by atoms with Crippen molar-refractivity contribution in [3.63, 3.8) is 0 Å². The molecule has 1 aromatic carbocycles. The van der Waals surface area contributed by atoms with E-state index in [0.29, 0.717) is 48.3 Å². The summed E-state index contributed by atoms with van der Waals surface area (Å²) < 4.78 is 18.8. The second-order valence-corrected chi connectivity index (χ2v) is 9.01. The highest BCUT2D eigenvalue weighted by Gasteiger charge is 2.25. The molecule has 3 aromatic rings. The molecular weight excluding hydrogens is 471 g/mol. The second-order valence-electron chi connectivity index (χ2n) is 8.60. The maximum Gasteiger partial charge on any atom is 0.317 e. The molecule has 0 bridgehead atoms. The van der Waals surface area contributed by atoms with Crippen molar-refractivity contribution in [1.82, 2.24) is 25.2 Å². The molecule has 1 N–H and O–H groups in total. The van der Waals surface area contributed by atoms with Gasteiger partial charge in [0, 0.05) is 55.7 Å². The van der Waals surface area contributed by atoms with Crippen LogP contribution in [0.4, 0.5) is 15.0 Å². The van der Waals surface area contributed by atoms with Crippen molar-refractivity contribution in [2.45, 2.75) is 18.9 Å². The third-order valence-electron chi connectivity index (χ3n) is 6.35. The van der Waals surface area contributed by atoms with E-state index in [1.807, 2.05) is 0 Å². The van der Waals surface area contributed by atoms with Crippen LogP contribution in [0.25, 0.3) is 22.5 Å². The molecule has 5 rings (SSSR count). The zero-order chi connectivity index (χ0) is 24.2. The summed E-state index contributed by atoms with van der Waals surface area (Å²) in [5.41, 5.74) is 2.69. The van der Waals surface area contributed by atoms with Gasteiger partial charge in [-0.15, -0.1) is 0 Å². The van der Waals surface area contributed by atoms with Crippen LogP contribution in [0.15, 0.2) is 48.9 Å². The molecule has 2 aliphatic rings. The number of urea groups is 1. The number of amides is 2. The Morgan fingerprint density at radius 2 is 1.77 bits per heavy atom. The van der Waals surface area contributed by atoms with Gasteiger partial charge in [0.25, 0.3) is 0 Å². The van der Waals surface area contributed by atoms with Gasteiger partial charge < -0.3 is 19.9 Å². The lowest BCUT2D eigenvalue weighted by Crippen LogP contribution is -2.52. The van der Waals surface area contributed by atoms with Crippen LogP contribution in [-0.4, -0.2) is 71.3 Å². The highest BCUT2D eigenvalue weighted by Crippen LogP contribution is 2.34. The average Bonchev–Trinajstić information content (AvgIpc) is 2.90. The first-order chi connectivity index (χ1) is 17.1. The van der Waals surface area contributed by atoms with E-state index < -0.39 is 0 Å². The number of ether oxygens (including phenoxy) is 1. The Labute approximate surface area is 208 Å². The van der Waals surface area contributed by atoms with Crippen LogP contribution < -0.4 is 10.2 Å². The van der Waals surface area contributed by atoms with Crippen LogP contribution in [0.1, 0.15) is 12.8 Å². The normalized spacial score (nSPS) is 16.9. The van der Waals surface area contributed by atoms with Crippen molar-refractivity contribution >= 4 is 23.4 Å². The molecule has 8 nitrogen and oxygen atoms in total. The van der Waals surface area contributed by atoms with Crippen molar-refractivity contribution < 1.29 is 13.9 Å². The Morgan fingerprint density at radius 3 is 2.49 bits per heavy atom. The van der Waals surface area contributed by atoms with Crippen LogP contribution in [0.3, 0.4) is 0 Å². The summed E-state index contributed by atoms with van der Waals surface area (Å²) >= 11 is 6.46. The Balaban J connectivity index is 1.34. The number of benzene rings is 1. The number of nitrogens with one attached hydrogen (secondary N) is 1. The molecule has 2 aromatic heterocycles. The molecule has 0 radical (unpaired) electrons. The Bertz CT molecular complexity index is 1180. The first kappa shape index (κ1) is 23.4. The molecule has 0 aliphatic carbocycles. The van der Waals surface area contributed by atoms with Gasteiger partial charge in [-0.05, 0) is 43.2 Å². The fraction of sp³-hybridized carbons (Fsp3) is 0.360. The van der Waals surface area contributed by atoms with Gasteiger partial charge >= 0.3 is 6.03 Å². The molecule has 0 spiro atoms. The molecule has 2 fully saturated rings. The van der Waals surface area contributed by atoms with E-state index >= 15 is 0 Å². The van der Waals surface area contributed by atoms with Gasteiger partial charge in [0.2, 0.25) is 0 Å². The summed E-state index contributed by atoms with van der Waals surface area (Å²) in [6, 6.07) is 8.06. The molecule has 10 heteroatoms. The molecule has 0 atom stereocenters. The van der Waals surface area contributed by atoms with Crippen molar-refractivity contribution in [2.75, 3.05) is 44.3 Å². The van der Waals surface area contributed by atoms with E-state index in [-0.39, 0.29) is 17.9 Å². The van der Waals surface area contributed by atoms with Gasteiger partial charge in [-0.3, -0.25) is 9.97 Å². The smallest absolute Gasteiger partial charge is 0.317 e. The number of pyridine rings is 1. The lowest BCUT2D eigenvalue weighted by Gasteiger charge is -2.35. The van der Waals surface area contributed by atoms with Crippen molar-refractivity contribution in [3.05, 3.63) is 59.8 Å². The maximum atomic E-state index is 13.5. The lowest BCUT2D eigenvalue weighted by molar-refractivity contribution is 0.0523. The third kappa shape index (κ3) is 5.36. The number of anilines is 1. The standard InChI is InChI=1S/C25H26ClFN6O2/c26-21-15-28-8-5-20(21)24-23(17-1-3-18(27)4-2-17)29-16-22(31-24)32-9-6-19(7-10-32)30-25(34)33-11-13-35-14-12-33/h1-5,8,15-16,19H,6-7,9-14H2,(H,30,34). The Hall–Kier alpha value is -3.30. The van der Waals surface area contributed by atoms with Crippen LogP contribution >= 0.6 is 11.6 Å². The number of morpholine rings is 1. The summed E-state index contributed by atoms with van der Waals surface area (Å²) in [6.07, 6.45) is 6.59. The predicted molar refractivity (Wildman–Crippen MR) is 132 cm³/mol. The topological polar surface area (TPSA) is 83.5 Å².